The first-order chi connectivity index (χ1) is 15.0. The Labute approximate surface area is 189 Å². The van der Waals surface area contributed by atoms with Gasteiger partial charge in [0.05, 0.1) is 0 Å². The molecular weight excluding hydrogens is 376 g/mol. The molecule has 0 radical (unpaired) electrons. The second-order valence-corrected chi connectivity index (χ2v) is 8.43. The zero-order valence-corrected chi connectivity index (χ0v) is 20.2. The number of anilines is 2. The van der Waals surface area contributed by atoms with Crippen molar-refractivity contribution >= 4 is 11.4 Å². The van der Waals surface area contributed by atoms with E-state index in [2.05, 4.69) is 124 Å². The molecule has 0 saturated carbocycles. The van der Waals surface area contributed by atoms with Gasteiger partial charge in [0, 0.05) is 43.0 Å². The summed E-state index contributed by atoms with van der Waals surface area (Å²) in [5.74, 6) is 0. The van der Waals surface area contributed by atoms with Gasteiger partial charge in [-0.05, 0) is 82.5 Å². The van der Waals surface area contributed by atoms with E-state index in [0.717, 1.165) is 26.2 Å². The quantitative estimate of drug-likeness (QED) is 0.346. The molecule has 0 aliphatic rings. The van der Waals surface area contributed by atoms with Crippen molar-refractivity contribution < 1.29 is 0 Å². The monoisotopic (exact) mass is 414 g/mol. The van der Waals surface area contributed by atoms with E-state index in [1.54, 1.807) is 0 Å². The fourth-order valence-corrected chi connectivity index (χ4v) is 4.58. The van der Waals surface area contributed by atoms with Gasteiger partial charge in [0.25, 0.3) is 0 Å². The summed E-state index contributed by atoms with van der Waals surface area (Å²) in [5, 5.41) is 0. The molecule has 0 unspecified atom stereocenters. The van der Waals surface area contributed by atoms with Crippen LogP contribution in [0.1, 0.15) is 56.9 Å². The van der Waals surface area contributed by atoms with Crippen LogP contribution >= 0.6 is 0 Å². The van der Waals surface area contributed by atoms with Crippen molar-refractivity contribution in [3.05, 3.63) is 95.1 Å². The Bertz CT molecular complexity index is 876. The molecule has 31 heavy (non-hydrogen) atoms. The van der Waals surface area contributed by atoms with Gasteiger partial charge in [0.15, 0.2) is 0 Å². The van der Waals surface area contributed by atoms with Crippen molar-refractivity contribution in [1.82, 2.24) is 0 Å². The van der Waals surface area contributed by atoms with Crippen LogP contribution in [0.4, 0.5) is 11.4 Å². The topological polar surface area (TPSA) is 6.48 Å². The lowest BCUT2D eigenvalue weighted by molar-refractivity contribution is 0.691. The third-order valence-electron chi connectivity index (χ3n) is 6.78. The molecule has 0 spiro atoms. The largest absolute Gasteiger partial charge is 0.372 e. The minimum Gasteiger partial charge on any atom is -0.372 e. The molecule has 0 N–H and O–H groups in total. The second kappa shape index (κ2) is 10.0. The van der Waals surface area contributed by atoms with Gasteiger partial charge in [-0.1, -0.05) is 54.1 Å². The first-order valence-electron chi connectivity index (χ1n) is 11.8. The summed E-state index contributed by atoms with van der Waals surface area (Å²) in [4.78, 5) is 4.79. The lowest BCUT2D eigenvalue weighted by atomic mass is 9.71. The maximum absolute atomic E-state index is 2.39. The summed E-state index contributed by atoms with van der Waals surface area (Å²) in [6.07, 6.45) is 0. The van der Waals surface area contributed by atoms with Crippen molar-refractivity contribution in [1.29, 1.82) is 0 Å². The van der Waals surface area contributed by atoms with Crippen LogP contribution in [0.15, 0.2) is 72.8 Å². The molecule has 0 atom stereocenters. The fraction of sp³-hybridized carbons (Fsp3) is 0.379. The van der Waals surface area contributed by atoms with E-state index in [0.29, 0.717) is 0 Å². The van der Waals surface area contributed by atoms with Crippen LogP contribution in [0.25, 0.3) is 0 Å². The molecule has 0 saturated heterocycles. The van der Waals surface area contributed by atoms with Crippen molar-refractivity contribution in [2.24, 2.45) is 0 Å². The molecule has 0 fully saturated rings. The average molecular weight is 415 g/mol. The van der Waals surface area contributed by atoms with Crippen molar-refractivity contribution in [2.75, 3.05) is 36.0 Å². The van der Waals surface area contributed by atoms with E-state index in [9.17, 15) is 0 Å². The normalized spacial score (nSPS) is 11.4. The number of hydrogen-bond donors (Lipinski definition) is 0. The summed E-state index contributed by atoms with van der Waals surface area (Å²) < 4.78 is 0. The zero-order chi connectivity index (χ0) is 22.4. The summed E-state index contributed by atoms with van der Waals surface area (Å²) in [6, 6.07) is 27.4. The van der Waals surface area contributed by atoms with E-state index in [4.69, 9.17) is 0 Å². The molecule has 164 valence electrons. The number of hydrogen-bond acceptors (Lipinski definition) is 2. The summed E-state index contributed by atoms with van der Waals surface area (Å²) >= 11 is 0. The van der Waals surface area contributed by atoms with Crippen LogP contribution < -0.4 is 9.80 Å². The van der Waals surface area contributed by atoms with Crippen LogP contribution in [-0.4, -0.2) is 26.2 Å². The molecule has 3 rings (SSSR count). The van der Waals surface area contributed by atoms with Crippen LogP contribution in [0.3, 0.4) is 0 Å². The molecule has 3 aromatic carbocycles. The number of nitrogens with zero attached hydrogens (tertiary/aromatic N) is 2. The van der Waals surface area contributed by atoms with Gasteiger partial charge >= 0.3 is 0 Å². The molecule has 0 bridgehead atoms. The number of benzene rings is 3. The van der Waals surface area contributed by atoms with E-state index < -0.39 is 0 Å². The summed E-state index contributed by atoms with van der Waals surface area (Å²) in [5.41, 5.74) is 7.63. The first-order valence-corrected chi connectivity index (χ1v) is 11.8. The van der Waals surface area contributed by atoms with Gasteiger partial charge in [-0.25, -0.2) is 0 Å². The van der Waals surface area contributed by atoms with Gasteiger partial charge in [0.2, 0.25) is 0 Å². The Kier molecular flexibility index (Phi) is 7.43. The number of aryl methyl sites for hydroxylation is 1. The minimum atomic E-state index is -0.211. The second-order valence-electron chi connectivity index (χ2n) is 8.43. The number of rotatable bonds is 9. The smallest absolute Gasteiger partial charge is 0.0423 e. The molecule has 0 aliphatic heterocycles. The summed E-state index contributed by atoms with van der Waals surface area (Å²) in [6.45, 7) is 17.5. The Morgan fingerprint density at radius 2 is 0.806 bits per heavy atom. The van der Waals surface area contributed by atoms with Crippen LogP contribution in [0.5, 0.6) is 0 Å². The molecule has 3 aromatic rings. The Hall–Kier alpha value is -2.74. The molecule has 2 nitrogen and oxygen atoms in total. The Morgan fingerprint density at radius 1 is 0.516 bits per heavy atom. The maximum atomic E-state index is 2.39. The maximum Gasteiger partial charge on any atom is 0.0423 e. The van der Waals surface area contributed by atoms with Gasteiger partial charge in [-0.15, -0.1) is 0 Å². The fourth-order valence-electron chi connectivity index (χ4n) is 4.58. The highest BCUT2D eigenvalue weighted by Gasteiger charge is 2.31. The highest BCUT2D eigenvalue weighted by atomic mass is 15.1. The third-order valence-corrected chi connectivity index (χ3v) is 6.78. The lowest BCUT2D eigenvalue weighted by Gasteiger charge is -2.33. The predicted molar refractivity (Wildman–Crippen MR) is 137 cm³/mol. The molecular formula is C29H38N2. The van der Waals surface area contributed by atoms with Crippen LogP contribution in [0, 0.1) is 6.92 Å². The molecule has 2 heteroatoms. The van der Waals surface area contributed by atoms with E-state index in [-0.39, 0.29) is 5.41 Å². The van der Waals surface area contributed by atoms with E-state index in [1.165, 1.54) is 33.6 Å². The van der Waals surface area contributed by atoms with Crippen LogP contribution in [-0.2, 0) is 5.41 Å². The van der Waals surface area contributed by atoms with Gasteiger partial charge < -0.3 is 9.80 Å². The van der Waals surface area contributed by atoms with Crippen molar-refractivity contribution in [3.8, 4) is 0 Å². The first kappa shape index (κ1) is 22.9. The SMILES string of the molecule is CCN(CC)c1ccc(C(C)(c2ccc(C)cc2)c2ccc(N(CC)CC)cc2)cc1. The minimum absolute atomic E-state index is 0.211. The molecule has 0 amide bonds. The van der Waals surface area contributed by atoms with E-state index in [1.807, 2.05) is 0 Å². The predicted octanol–water partition coefficient (Wildman–Crippen LogP) is 7.04. The van der Waals surface area contributed by atoms with Crippen molar-refractivity contribution in [3.63, 3.8) is 0 Å². The average Bonchev–Trinajstić information content (AvgIpc) is 2.81. The molecule has 0 aliphatic carbocycles. The molecule has 0 aromatic heterocycles. The lowest BCUT2D eigenvalue weighted by Crippen LogP contribution is -2.27. The third kappa shape index (κ3) is 4.63. The zero-order valence-electron chi connectivity index (χ0n) is 20.2. The Morgan fingerprint density at radius 3 is 1.10 bits per heavy atom. The van der Waals surface area contributed by atoms with Crippen LogP contribution in [0.2, 0.25) is 0 Å². The summed E-state index contributed by atoms with van der Waals surface area (Å²) in [7, 11) is 0. The van der Waals surface area contributed by atoms with Gasteiger partial charge in [0.1, 0.15) is 0 Å². The highest BCUT2D eigenvalue weighted by Crippen LogP contribution is 2.40. The molecule has 0 heterocycles. The highest BCUT2D eigenvalue weighted by molar-refractivity contribution is 5.57. The van der Waals surface area contributed by atoms with Crippen molar-refractivity contribution in [2.45, 2.75) is 47.0 Å². The standard InChI is InChI=1S/C29H38N2/c1-7-30(8-2)27-19-15-25(16-20-27)29(6,24-13-11-23(5)12-14-24)26-17-21-28(22-18-26)31(9-3)10-4/h11-22H,7-10H2,1-6H3. The van der Waals surface area contributed by atoms with E-state index >= 15 is 0 Å². The Balaban J connectivity index is 2.09. The van der Waals surface area contributed by atoms with Gasteiger partial charge in [-0.3, -0.25) is 0 Å². The van der Waals surface area contributed by atoms with Gasteiger partial charge in [-0.2, -0.15) is 0 Å².